The first-order valence-electron chi connectivity index (χ1n) is 8.00. The summed E-state index contributed by atoms with van der Waals surface area (Å²) in [5.74, 6) is -0.122. The summed E-state index contributed by atoms with van der Waals surface area (Å²) in [7, 11) is -2.13. The van der Waals surface area contributed by atoms with Crippen LogP contribution in [0.1, 0.15) is 22.3 Å². The number of sulfonamides is 1. The smallest absolute Gasteiger partial charge is 0.253 e. The lowest BCUT2D eigenvalue weighted by atomic mass is 10.2. The Bertz CT molecular complexity index is 831. The first kappa shape index (κ1) is 17.7. The average molecular weight is 363 g/mol. The second-order valence-corrected chi connectivity index (χ2v) is 8.26. The number of benzene rings is 1. The van der Waals surface area contributed by atoms with Gasteiger partial charge in [-0.25, -0.2) is 8.42 Å². The number of furan rings is 1. The monoisotopic (exact) mass is 363 g/mol. The zero-order valence-electron chi connectivity index (χ0n) is 14.0. The molecule has 2 aromatic rings. The van der Waals surface area contributed by atoms with E-state index in [1.807, 2.05) is 0 Å². The molecule has 2 heterocycles. The van der Waals surface area contributed by atoms with Crippen molar-refractivity contribution in [3.63, 3.8) is 0 Å². The van der Waals surface area contributed by atoms with Gasteiger partial charge in [0.2, 0.25) is 10.0 Å². The molecule has 1 fully saturated rings. The molecule has 0 spiro atoms. The van der Waals surface area contributed by atoms with E-state index < -0.39 is 10.0 Å². The highest BCUT2D eigenvalue weighted by Gasteiger charge is 2.26. The molecule has 2 N–H and O–H groups in total. The van der Waals surface area contributed by atoms with Gasteiger partial charge in [-0.15, -0.1) is 0 Å². The molecule has 0 bridgehead atoms. The molecule has 1 saturated heterocycles. The molecular formula is C17H21N3O4S. The highest BCUT2D eigenvalue weighted by molar-refractivity contribution is 7.89. The third-order valence-electron chi connectivity index (χ3n) is 4.31. The van der Waals surface area contributed by atoms with E-state index in [1.54, 1.807) is 23.1 Å². The van der Waals surface area contributed by atoms with Crippen LogP contribution < -0.4 is 5.73 Å². The van der Waals surface area contributed by atoms with Gasteiger partial charge in [0.1, 0.15) is 0 Å². The predicted molar refractivity (Wildman–Crippen MR) is 92.3 cm³/mol. The molecule has 7 nitrogen and oxygen atoms in total. The van der Waals surface area contributed by atoms with Crippen LogP contribution in [0.15, 0.2) is 52.2 Å². The van der Waals surface area contributed by atoms with Crippen LogP contribution in [0.25, 0.3) is 0 Å². The summed E-state index contributed by atoms with van der Waals surface area (Å²) in [6.07, 6.45) is 3.80. The Morgan fingerprint density at radius 2 is 2.04 bits per heavy atom. The summed E-state index contributed by atoms with van der Waals surface area (Å²) in [5, 5.41) is 0. The molecule has 25 heavy (non-hydrogen) atoms. The Labute approximate surface area is 147 Å². The molecule has 1 aromatic heterocycles. The van der Waals surface area contributed by atoms with Crippen molar-refractivity contribution in [2.24, 2.45) is 5.73 Å². The minimum Gasteiger partial charge on any atom is -0.472 e. The molecule has 0 unspecified atom stereocenters. The van der Waals surface area contributed by atoms with Gasteiger partial charge in [0.25, 0.3) is 5.91 Å². The van der Waals surface area contributed by atoms with Crippen molar-refractivity contribution in [2.45, 2.75) is 23.9 Å². The topological polar surface area (TPSA) is 96.8 Å². The van der Waals surface area contributed by atoms with Gasteiger partial charge in [-0.1, -0.05) is 0 Å². The van der Waals surface area contributed by atoms with Gasteiger partial charge in [0.05, 0.1) is 17.4 Å². The van der Waals surface area contributed by atoms with E-state index in [1.165, 1.54) is 36.0 Å². The fourth-order valence-electron chi connectivity index (χ4n) is 2.83. The van der Waals surface area contributed by atoms with Gasteiger partial charge in [-0.3, -0.25) is 4.79 Å². The van der Waals surface area contributed by atoms with Gasteiger partial charge in [0.15, 0.2) is 0 Å². The van der Waals surface area contributed by atoms with E-state index in [9.17, 15) is 13.2 Å². The summed E-state index contributed by atoms with van der Waals surface area (Å²) in [6, 6.07) is 7.75. The van der Waals surface area contributed by atoms with Crippen LogP contribution in [-0.4, -0.2) is 49.7 Å². The maximum absolute atomic E-state index is 12.6. The quantitative estimate of drug-likeness (QED) is 0.863. The Morgan fingerprint density at radius 3 is 2.60 bits per heavy atom. The number of amides is 1. The van der Waals surface area contributed by atoms with Crippen LogP contribution in [0.2, 0.25) is 0 Å². The van der Waals surface area contributed by atoms with Crippen molar-refractivity contribution in [3.05, 3.63) is 54.0 Å². The highest BCUT2D eigenvalue weighted by Crippen LogP contribution is 2.19. The number of hydrogen-bond donors (Lipinski definition) is 1. The SMILES string of the molecule is CN(Cc1ccoc1)S(=O)(=O)c1ccc(C(=O)N2CC[C@H](N)C2)cc1. The molecule has 1 atom stereocenters. The average Bonchev–Trinajstić information content (AvgIpc) is 3.26. The second-order valence-electron chi connectivity index (χ2n) is 6.22. The first-order valence-corrected chi connectivity index (χ1v) is 9.44. The highest BCUT2D eigenvalue weighted by atomic mass is 32.2. The lowest BCUT2D eigenvalue weighted by molar-refractivity contribution is 0.0791. The lowest BCUT2D eigenvalue weighted by Gasteiger charge is -2.18. The van der Waals surface area contributed by atoms with Crippen LogP contribution in [0.3, 0.4) is 0 Å². The largest absolute Gasteiger partial charge is 0.472 e. The Morgan fingerprint density at radius 1 is 1.32 bits per heavy atom. The maximum atomic E-state index is 12.6. The van der Waals surface area contributed by atoms with E-state index >= 15 is 0 Å². The number of carbonyl (C=O) groups excluding carboxylic acids is 1. The molecule has 134 valence electrons. The fraction of sp³-hybridized carbons (Fsp3) is 0.353. The van der Waals surface area contributed by atoms with Crippen molar-refractivity contribution in [3.8, 4) is 0 Å². The summed E-state index contributed by atoms with van der Waals surface area (Å²) < 4.78 is 31.4. The Balaban J connectivity index is 1.73. The normalized spacial score (nSPS) is 18.0. The van der Waals surface area contributed by atoms with Gasteiger partial charge >= 0.3 is 0 Å². The minimum atomic E-state index is -3.64. The Hall–Kier alpha value is -2.16. The minimum absolute atomic E-state index is 0.0140. The third-order valence-corrected chi connectivity index (χ3v) is 6.12. The second kappa shape index (κ2) is 6.99. The van der Waals surface area contributed by atoms with Crippen molar-refractivity contribution >= 4 is 15.9 Å². The number of nitrogens with zero attached hydrogens (tertiary/aromatic N) is 2. The van der Waals surface area contributed by atoms with Gasteiger partial charge in [-0.2, -0.15) is 4.31 Å². The zero-order valence-corrected chi connectivity index (χ0v) is 14.8. The zero-order chi connectivity index (χ0) is 18.0. The molecule has 0 saturated carbocycles. The Kier molecular flexibility index (Phi) is 4.94. The fourth-order valence-corrected chi connectivity index (χ4v) is 3.99. The number of rotatable bonds is 5. The molecule has 0 radical (unpaired) electrons. The van der Waals surface area contributed by atoms with Gasteiger partial charge in [-0.05, 0) is 36.8 Å². The summed E-state index contributed by atoms with van der Waals surface area (Å²) in [6.45, 7) is 1.38. The van der Waals surface area contributed by atoms with E-state index in [2.05, 4.69) is 0 Å². The standard InChI is InChI=1S/C17H21N3O4S/c1-19(10-13-7-9-24-12-13)25(22,23)16-4-2-14(3-5-16)17(21)20-8-6-15(18)11-20/h2-5,7,9,12,15H,6,8,10-11,18H2,1H3/t15-/m0/s1. The molecular weight excluding hydrogens is 342 g/mol. The molecule has 3 rings (SSSR count). The molecule has 1 aliphatic rings. The predicted octanol–water partition coefficient (Wildman–Crippen LogP) is 1.27. The summed E-state index contributed by atoms with van der Waals surface area (Å²) in [5.41, 5.74) is 7.06. The van der Waals surface area contributed by atoms with Crippen LogP contribution in [-0.2, 0) is 16.6 Å². The third kappa shape index (κ3) is 3.76. The summed E-state index contributed by atoms with van der Waals surface area (Å²) in [4.78, 5) is 14.2. The van der Waals surface area contributed by atoms with Crippen molar-refractivity contribution < 1.29 is 17.6 Å². The lowest BCUT2D eigenvalue weighted by Crippen LogP contribution is -2.32. The van der Waals surface area contributed by atoms with Gasteiger partial charge < -0.3 is 15.1 Å². The molecule has 1 amide bonds. The van der Waals surface area contributed by atoms with Crippen LogP contribution in [0.5, 0.6) is 0 Å². The van der Waals surface area contributed by atoms with Crippen molar-refractivity contribution in [2.75, 3.05) is 20.1 Å². The number of hydrogen-bond acceptors (Lipinski definition) is 5. The number of likely N-dealkylation sites (tertiary alicyclic amines) is 1. The van der Waals surface area contributed by atoms with E-state index in [0.29, 0.717) is 18.7 Å². The first-order chi connectivity index (χ1) is 11.9. The van der Waals surface area contributed by atoms with E-state index in [-0.39, 0.29) is 23.4 Å². The van der Waals surface area contributed by atoms with Gasteiger partial charge in [0, 0.05) is 43.9 Å². The van der Waals surface area contributed by atoms with Crippen LogP contribution in [0.4, 0.5) is 0 Å². The van der Waals surface area contributed by atoms with Crippen LogP contribution in [0, 0.1) is 0 Å². The van der Waals surface area contributed by atoms with Crippen molar-refractivity contribution in [1.29, 1.82) is 0 Å². The molecule has 0 aliphatic carbocycles. The van der Waals surface area contributed by atoms with Crippen LogP contribution >= 0.6 is 0 Å². The maximum Gasteiger partial charge on any atom is 0.253 e. The molecule has 8 heteroatoms. The number of nitrogens with two attached hydrogens (primary N) is 1. The molecule has 1 aliphatic heterocycles. The van der Waals surface area contributed by atoms with E-state index in [0.717, 1.165) is 12.0 Å². The van der Waals surface area contributed by atoms with E-state index in [4.69, 9.17) is 10.2 Å². The van der Waals surface area contributed by atoms with Crippen molar-refractivity contribution in [1.82, 2.24) is 9.21 Å². The molecule has 1 aromatic carbocycles. The summed E-state index contributed by atoms with van der Waals surface area (Å²) >= 11 is 0. The number of carbonyl (C=O) groups is 1.